The zero-order valence-electron chi connectivity index (χ0n) is 11.4. The van der Waals surface area contributed by atoms with Crippen LogP contribution in [0.1, 0.15) is 5.56 Å². The minimum absolute atomic E-state index is 0.0646. The molecule has 0 radical (unpaired) electrons. The molecule has 0 bridgehead atoms. The zero-order chi connectivity index (χ0) is 14.7. The molecule has 0 atom stereocenters. The van der Waals surface area contributed by atoms with Gasteiger partial charge in [0.15, 0.2) is 0 Å². The molecule has 0 amide bonds. The van der Waals surface area contributed by atoms with Gasteiger partial charge in [0.1, 0.15) is 5.82 Å². The molecule has 2 aromatic heterocycles. The van der Waals surface area contributed by atoms with E-state index in [1.54, 1.807) is 23.6 Å². The summed E-state index contributed by atoms with van der Waals surface area (Å²) in [6.07, 6.45) is 1.68. The van der Waals surface area contributed by atoms with Gasteiger partial charge in [0.25, 0.3) is 0 Å². The molecule has 0 aliphatic carbocycles. The third-order valence-electron chi connectivity index (χ3n) is 3.35. The van der Waals surface area contributed by atoms with E-state index in [0.29, 0.717) is 18.6 Å². The first-order chi connectivity index (χ1) is 10.3. The molecule has 0 aliphatic heterocycles. The Bertz CT molecular complexity index is 730. The third kappa shape index (κ3) is 3.04. The van der Waals surface area contributed by atoms with Crippen molar-refractivity contribution >= 4 is 27.9 Å². The van der Waals surface area contributed by atoms with Crippen molar-refractivity contribution < 1.29 is 9.50 Å². The number of fused-ring (bicyclic) bond motifs is 1. The maximum absolute atomic E-state index is 13.3. The average molecular weight is 302 g/mol. The number of anilines is 1. The number of rotatable bonds is 5. The largest absolute Gasteiger partial charge is 0.395 e. The van der Waals surface area contributed by atoms with Crippen LogP contribution in [0.3, 0.4) is 0 Å². The lowest BCUT2D eigenvalue weighted by Gasteiger charge is -2.25. The fourth-order valence-electron chi connectivity index (χ4n) is 2.39. The van der Waals surface area contributed by atoms with Crippen molar-refractivity contribution in [3.8, 4) is 0 Å². The van der Waals surface area contributed by atoms with E-state index in [-0.39, 0.29) is 12.4 Å². The summed E-state index contributed by atoms with van der Waals surface area (Å²) >= 11 is 1.65. The topological polar surface area (TPSA) is 36.4 Å². The van der Waals surface area contributed by atoms with Gasteiger partial charge in [-0.25, -0.2) is 4.39 Å². The van der Waals surface area contributed by atoms with E-state index in [0.717, 1.165) is 11.1 Å². The van der Waals surface area contributed by atoms with E-state index in [1.807, 2.05) is 11.4 Å². The van der Waals surface area contributed by atoms with Gasteiger partial charge < -0.3 is 10.0 Å². The minimum atomic E-state index is -0.293. The number of aliphatic hydroxyl groups is 1. The first-order valence-electron chi connectivity index (χ1n) is 6.69. The Labute approximate surface area is 126 Å². The van der Waals surface area contributed by atoms with E-state index in [4.69, 9.17) is 0 Å². The summed E-state index contributed by atoms with van der Waals surface area (Å²) in [7, 11) is 0. The summed E-state index contributed by atoms with van der Waals surface area (Å²) < 4.78 is 13.3. The van der Waals surface area contributed by atoms with Crippen LogP contribution in [0, 0.1) is 5.82 Å². The molecule has 2 heterocycles. The highest BCUT2D eigenvalue weighted by atomic mass is 32.1. The minimum Gasteiger partial charge on any atom is -0.395 e. The highest BCUT2D eigenvalue weighted by molar-refractivity contribution is 7.07. The quantitative estimate of drug-likeness (QED) is 0.784. The highest BCUT2D eigenvalue weighted by Gasteiger charge is 2.11. The van der Waals surface area contributed by atoms with Crippen molar-refractivity contribution in [2.24, 2.45) is 0 Å². The van der Waals surface area contributed by atoms with Gasteiger partial charge in [0, 0.05) is 36.4 Å². The summed E-state index contributed by atoms with van der Waals surface area (Å²) in [5.74, 6) is -0.293. The van der Waals surface area contributed by atoms with Crippen LogP contribution in [0.2, 0.25) is 0 Å². The number of hydrogen-bond donors (Lipinski definition) is 1. The number of pyridine rings is 1. The molecule has 0 saturated carbocycles. The standard InChI is InChI=1S/C16H15FN2OS/c17-13-1-2-14-15(9-13)18-5-3-16(14)19(6-7-20)10-12-4-8-21-11-12/h1-5,8-9,11,20H,6-7,10H2. The number of nitrogens with zero attached hydrogens (tertiary/aromatic N) is 2. The Morgan fingerprint density at radius 2 is 2.14 bits per heavy atom. The smallest absolute Gasteiger partial charge is 0.125 e. The van der Waals surface area contributed by atoms with Crippen LogP contribution in [0.25, 0.3) is 10.9 Å². The summed E-state index contributed by atoms with van der Waals surface area (Å²) in [6.45, 7) is 1.29. The molecular weight excluding hydrogens is 287 g/mol. The second-order valence-corrected chi connectivity index (χ2v) is 5.55. The Hall–Kier alpha value is -1.98. The van der Waals surface area contributed by atoms with Gasteiger partial charge in [0.05, 0.1) is 12.1 Å². The maximum Gasteiger partial charge on any atom is 0.125 e. The van der Waals surface area contributed by atoms with E-state index < -0.39 is 0 Å². The molecule has 1 N–H and O–H groups in total. The Morgan fingerprint density at radius 3 is 2.90 bits per heavy atom. The Morgan fingerprint density at radius 1 is 1.24 bits per heavy atom. The van der Waals surface area contributed by atoms with Gasteiger partial charge in [-0.3, -0.25) is 4.98 Å². The van der Waals surface area contributed by atoms with Crippen molar-refractivity contribution in [3.63, 3.8) is 0 Å². The monoisotopic (exact) mass is 302 g/mol. The van der Waals surface area contributed by atoms with Crippen LogP contribution in [-0.2, 0) is 6.54 Å². The van der Waals surface area contributed by atoms with E-state index in [2.05, 4.69) is 21.3 Å². The van der Waals surface area contributed by atoms with Crippen molar-refractivity contribution in [2.75, 3.05) is 18.1 Å². The molecule has 0 spiro atoms. The predicted molar refractivity (Wildman–Crippen MR) is 84.2 cm³/mol. The maximum atomic E-state index is 13.3. The van der Waals surface area contributed by atoms with Crippen LogP contribution in [0.15, 0.2) is 47.3 Å². The molecule has 0 fully saturated rings. The van der Waals surface area contributed by atoms with Gasteiger partial charge in [-0.05, 0) is 40.6 Å². The highest BCUT2D eigenvalue weighted by Crippen LogP contribution is 2.27. The fraction of sp³-hybridized carbons (Fsp3) is 0.188. The van der Waals surface area contributed by atoms with Crippen molar-refractivity contribution in [2.45, 2.75) is 6.54 Å². The molecule has 0 aliphatic rings. The third-order valence-corrected chi connectivity index (χ3v) is 4.08. The lowest BCUT2D eigenvalue weighted by Crippen LogP contribution is -2.26. The lowest BCUT2D eigenvalue weighted by atomic mass is 10.1. The molecule has 3 rings (SSSR count). The summed E-state index contributed by atoms with van der Waals surface area (Å²) in [4.78, 5) is 6.30. The van der Waals surface area contributed by atoms with Gasteiger partial charge in [0.2, 0.25) is 0 Å². The van der Waals surface area contributed by atoms with E-state index in [1.165, 1.54) is 17.7 Å². The molecule has 21 heavy (non-hydrogen) atoms. The first-order valence-corrected chi connectivity index (χ1v) is 7.63. The first kappa shape index (κ1) is 14.0. The number of halogens is 1. The molecule has 108 valence electrons. The number of thiophene rings is 1. The molecule has 5 heteroatoms. The van der Waals surface area contributed by atoms with E-state index in [9.17, 15) is 9.50 Å². The summed E-state index contributed by atoms with van der Waals surface area (Å²) in [5, 5.41) is 14.3. The Kier molecular flexibility index (Phi) is 4.13. The molecule has 3 aromatic rings. The second kappa shape index (κ2) is 6.20. The van der Waals surface area contributed by atoms with Gasteiger partial charge in [-0.15, -0.1) is 0 Å². The normalized spacial score (nSPS) is 11.0. The van der Waals surface area contributed by atoms with Gasteiger partial charge in [-0.2, -0.15) is 11.3 Å². The molecule has 0 unspecified atom stereocenters. The zero-order valence-corrected chi connectivity index (χ0v) is 12.2. The number of benzene rings is 1. The summed E-state index contributed by atoms with van der Waals surface area (Å²) in [6, 6.07) is 8.58. The number of hydrogen-bond acceptors (Lipinski definition) is 4. The predicted octanol–water partition coefficient (Wildman–Crippen LogP) is 3.43. The average Bonchev–Trinajstić information content (AvgIpc) is 2.99. The molecule has 1 aromatic carbocycles. The van der Waals surface area contributed by atoms with Gasteiger partial charge in [-0.1, -0.05) is 0 Å². The SMILES string of the molecule is OCCN(Cc1ccsc1)c1ccnc2cc(F)ccc12. The van der Waals surface area contributed by atoms with Crippen molar-refractivity contribution in [3.05, 3.63) is 58.7 Å². The number of aromatic nitrogens is 1. The van der Waals surface area contributed by atoms with E-state index >= 15 is 0 Å². The fourth-order valence-corrected chi connectivity index (χ4v) is 3.05. The van der Waals surface area contributed by atoms with Crippen LogP contribution in [-0.4, -0.2) is 23.2 Å². The lowest BCUT2D eigenvalue weighted by molar-refractivity contribution is 0.301. The van der Waals surface area contributed by atoms with Gasteiger partial charge >= 0.3 is 0 Å². The van der Waals surface area contributed by atoms with Crippen LogP contribution < -0.4 is 4.90 Å². The second-order valence-electron chi connectivity index (χ2n) is 4.77. The van der Waals surface area contributed by atoms with Crippen molar-refractivity contribution in [1.82, 2.24) is 4.98 Å². The summed E-state index contributed by atoms with van der Waals surface area (Å²) in [5.41, 5.74) is 2.78. The van der Waals surface area contributed by atoms with Crippen molar-refractivity contribution in [1.29, 1.82) is 0 Å². The van der Waals surface area contributed by atoms with Crippen LogP contribution in [0.4, 0.5) is 10.1 Å². The Balaban J connectivity index is 2.02. The molecule has 3 nitrogen and oxygen atoms in total. The van der Waals surface area contributed by atoms with Crippen LogP contribution >= 0.6 is 11.3 Å². The number of aliphatic hydroxyl groups excluding tert-OH is 1. The molecule has 0 saturated heterocycles. The molecular formula is C16H15FN2OS. The van der Waals surface area contributed by atoms with Crippen LogP contribution in [0.5, 0.6) is 0 Å².